The van der Waals surface area contributed by atoms with Gasteiger partial charge in [-0.1, -0.05) is 109 Å². The molecule has 0 spiro atoms. The molecule has 5 aromatic carbocycles. The Morgan fingerprint density at radius 3 is 1.82 bits per heavy atom. The van der Waals surface area contributed by atoms with Gasteiger partial charge in [0, 0.05) is 44.8 Å². The van der Waals surface area contributed by atoms with Crippen LogP contribution < -0.4 is 0 Å². The number of hydrogen-bond acceptors (Lipinski definition) is 6. The molecule has 0 aliphatic heterocycles. The number of furan rings is 2. The molecule has 0 bridgehead atoms. The van der Waals surface area contributed by atoms with Crippen LogP contribution in [0, 0.1) is 0 Å². The Labute approximate surface area is 251 Å². The molecule has 0 N–H and O–H groups in total. The maximum atomic E-state index is 6.41. The van der Waals surface area contributed by atoms with E-state index in [1.165, 1.54) is 0 Å². The molecule has 0 unspecified atom stereocenters. The summed E-state index contributed by atoms with van der Waals surface area (Å²) in [5.41, 5.74) is 8.38. The first-order valence-electron chi connectivity index (χ1n) is 14.4. The number of fused-ring (bicyclic) bond motifs is 6. The molecule has 6 heteroatoms. The lowest BCUT2D eigenvalue weighted by Gasteiger charge is -2.09. The van der Waals surface area contributed by atoms with Crippen LogP contribution in [0.5, 0.6) is 0 Å². The number of benzene rings is 5. The molecule has 0 amide bonds. The molecule has 0 aliphatic rings. The van der Waals surface area contributed by atoms with Crippen molar-refractivity contribution in [2.24, 2.45) is 0 Å². The third-order valence-electron chi connectivity index (χ3n) is 7.99. The summed E-state index contributed by atoms with van der Waals surface area (Å²) in [5.74, 6) is 1.77. The van der Waals surface area contributed by atoms with Crippen LogP contribution in [0.3, 0.4) is 0 Å². The summed E-state index contributed by atoms with van der Waals surface area (Å²) in [4.78, 5) is 19.7. The predicted molar refractivity (Wildman–Crippen MR) is 174 cm³/mol. The highest BCUT2D eigenvalue weighted by Crippen LogP contribution is 2.39. The van der Waals surface area contributed by atoms with Crippen LogP contribution >= 0.6 is 0 Å². The molecule has 6 nitrogen and oxygen atoms in total. The molecule has 4 heterocycles. The van der Waals surface area contributed by atoms with E-state index in [2.05, 4.69) is 24.3 Å². The Bertz CT molecular complexity index is 2440. The lowest BCUT2D eigenvalue weighted by Crippen LogP contribution is -2.00. The summed E-state index contributed by atoms with van der Waals surface area (Å²) in [6.07, 6.45) is 1.88. The summed E-state index contributed by atoms with van der Waals surface area (Å²) in [6, 6.07) is 42.2. The fourth-order valence-corrected chi connectivity index (χ4v) is 5.93. The van der Waals surface area contributed by atoms with E-state index in [0.717, 1.165) is 60.7 Å². The Kier molecular flexibility index (Phi) is 5.40. The van der Waals surface area contributed by atoms with Crippen molar-refractivity contribution >= 4 is 44.0 Å². The molecular weight excluding hydrogens is 544 g/mol. The minimum Gasteiger partial charge on any atom is -0.455 e. The van der Waals surface area contributed by atoms with E-state index in [1.54, 1.807) is 0 Å². The Balaban J connectivity index is 1.24. The van der Waals surface area contributed by atoms with Crippen LogP contribution in [0.25, 0.3) is 89.3 Å². The zero-order valence-corrected chi connectivity index (χ0v) is 23.3. The Hall–Kier alpha value is -6.14. The molecule has 0 radical (unpaired) electrons. The van der Waals surface area contributed by atoms with Crippen molar-refractivity contribution in [2.75, 3.05) is 0 Å². The SMILES string of the molecule is c1ccc(-c2nc(-c3ccccc3)nc(-c3cccc4oc5cc(-c6cccc7c6oc6ccccc67)cnc5c34)n2)cc1. The summed E-state index contributed by atoms with van der Waals surface area (Å²) in [5, 5.41) is 3.03. The number of aromatic nitrogens is 4. The van der Waals surface area contributed by atoms with E-state index in [1.807, 2.05) is 109 Å². The fourth-order valence-electron chi connectivity index (χ4n) is 5.93. The lowest BCUT2D eigenvalue weighted by atomic mass is 10.0. The summed E-state index contributed by atoms with van der Waals surface area (Å²) in [6.45, 7) is 0. The van der Waals surface area contributed by atoms with E-state index >= 15 is 0 Å². The van der Waals surface area contributed by atoms with Crippen molar-refractivity contribution in [3.05, 3.63) is 134 Å². The van der Waals surface area contributed by atoms with Crippen LogP contribution in [-0.4, -0.2) is 19.9 Å². The van der Waals surface area contributed by atoms with Crippen LogP contribution in [0.1, 0.15) is 0 Å². The van der Waals surface area contributed by atoms with Gasteiger partial charge in [-0.25, -0.2) is 15.0 Å². The van der Waals surface area contributed by atoms with Gasteiger partial charge in [0.05, 0.1) is 5.39 Å². The number of hydrogen-bond donors (Lipinski definition) is 0. The predicted octanol–water partition coefficient (Wildman–Crippen LogP) is 9.73. The van der Waals surface area contributed by atoms with Crippen molar-refractivity contribution in [1.82, 2.24) is 19.9 Å². The van der Waals surface area contributed by atoms with Crippen molar-refractivity contribution in [3.8, 4) is 45.3 Å². The maximum absolute atomic E-state index is 6.41. The zero-order chi connectivity index (χ0) is 29.0. The van der Waals surface area contributed by atoms with Gasteiger partial charge in [-0.2, -0.15) is 0 Å². The fraction of sp³-hybridized carbons (Fsp3) is 0. The molecule has 44 heavy (non-hydrogen) atoms. The highest BCUT2D eigenvalue weighted by molar-refractivity contribution is 6.12. The normalized spacial score (nSPS) is 11.6. The molecule has 0 fully saturated rings. The van der Waals surface area contributed by atoms with Crippen LogP contribution in [0.4, 0.5) is 0 Å². The number of pyridine rings is 1. The van der Waals surface area contributed by atoms with E-state index in [-0.39, 0.29) is 0 Å². The van der Waals surface area contributed by atoms with Gasteiger partial charge in [-0.3, -0.25) is 4.98 Å². The molecule has 206 valence electrons. The molecule has 9 rings (SSSR count). The number of nitrogens with zero attached hydrogens (tertiary/aromatic N) is 4. The summed E-state index contributed by atoms with van der Waals surface area (Å²) < 4.78 is 12.7. The first kappa shape index (κ1) is 24.5. The molecule has 4 aromatic heterocycles. The summed E-state index contributed by atoms with van der Waals surface area (Å²) in [7, 11) is 0. The van der Waals surface area contributed by atoms with Crippen LogP contribution in [-0.2, 0) is 0 Å². The van der Waals surface area contributed by atoms with E-state index in [4.69, 9.17) is 28.8 Å². The van der Waals surface area contributed by atoms with Crippen LogP contribution in [0.15, 0.2) is 142 Å². The first-order chi connectivity index (χ1) is 21.8. The van der Waals surface area contributed by atoms with Gasteiger partial charge in [0.15, 0.2) is 23.1 Å². The maximum Gasteiger partial charge on any atom is 0.164 e. The van der Waals surface area contributed by atoms with Gasteiger partial charge in [0.2, 0.25) is 0 Å². The third-order valence-corrected chi connectivity index (χ3v) is 7.99. The van der Waals surface area contributed by atoms with Gasteiger partial charge in [0.25, 0.3) is 0 Å². The van der Waals surface area contributed by atoms with Crippen molar-refractivity contribution in [3.63, 3.8) is 0 Å². The highest BCUT2D eigenvalue weighted by atomic mass is 16.3. The highest BCUT2D eigenvalue weighted by Gasteiger charge is 2.20. The van der Waals surface area contributed by atoms with E-state index in [0.29, 0.717) is 28.6 Å². The molecule has 0 saturated carbocycles. The van der Waals surface area contributed by atoms with Gasteiger partial charge < -0.3 is 8.83 Å². The average Bonchev–Trinajstić information content (AvgIpc) is 3.67. The number of para-hydroxylation sites is 2. The monoisotopic (exact) mass is 566 g/mol. The van der Waals surface area contributed by atoms with E-state index < -0.39 is 0 Å². The summed E-state index contributed by atoms with van der Waals surface area (Å²) >= 11 is 0. The molecule has 0 aliphatic carbocycles. The second-order valence-electron chi connectivity index (χ2n) is 10.7. The Morgan fingerprint density at radius 1 is 0.432 bits per heavy atom. The topological polar surface area (TPSA) is 77.8 Å². The molecular formula is C38H22N4O2. The van der Waals surface area contributed by atoms with Crippen LogP contribution in [0.2, 0.25) is 0 Å². The second kappa shape index (κ2) is 9.71. The minimum absolute atomic E-state index is 0.559. The smallest absolute Gasteiger partial charge is 0.164 e. The zero-order valence-electron chi connectivity index (χ0n) is 23.3. The quantitative estimate of drug-likeness (QED) is 0.211. The van der Waals surface area contributed by atoms with Crippen molar-refractivity contribution in [1.29, 1.82) is 0 Å². The molecule has 0 atom stereocenters. The largest absolute Gasteiger partial charge is 0.455 e. The first-order valence-corrected chi connectivity index (χ1v) is 14.4. The second-order valence-corrected chi connectivity index (χ2v) is 10.7. The van der Waals surface area contributed by atoms with Gasteiger partial charge in [-0.15, -0.1) is 0 Å². The standard InChI is InChI=1S/C38H22N4O2/c1-3-11-23(12-4-1)36-40-37(24-13-5-2-6-14-24)42-38(41-36)29-18-10-20-31-33(29)34-32(43-31)21-25(22-39-34)26-16-9-17-28-27-15-7-8-19-30(27)44-35(26)28/h1-22H. The third kappa shape index (κ3) is 3.89. The van der Waals surface area contributed by atoms with Gasteiger partial charge in [0.1, 0.15) is 22.3 Å². The van der Waals surface area contributed by atoms with Crippen molar-refractivity contribution in [2.45, 2.75) is 0 Å². The molecule has 0 saturated heterocycles. The molecule has 9 aromatic rings. The minimum atomic E-state index is 0.559. The van der Waals surface area contributed by atoms with Gasteiger partial charge >= 0.3 is 0 Å². The average molecular weight is 567 g/mol. The Morgan fingerprint density at radius 2 is 1.05 bits per heavy atom. The lowest BCUT2D eigenvalue weighted by molar-refractivity contribution is 0.667. The van der Waals surface area contributed by atoms with E-state index in [9.17, 15) is 0 Å². The van der Waals surface area contributed by atoms with Gasteiger partial charge in [-0.05, 0) is 18.2 Å². The van der Waals surface area contributed by atoms with Crippen molar-refractivity contribution < 1.29 is 8.83 Å². The number of rotatable bonds is 4.